The highest BCUT2D eigenvalue weighted by molar-refractivity contribution is 7.90. The molecule has 1 unspecified atom stereocenters. The molecule has 2 heterocycles. The van der Waals surface area contributed by atoms with Crippen molar-refractivity contribution in [2.45, 2.75) is 24.2 Å². The number of nitrogens with one attached hydrogen (secondary N) is 1. The first-order chi connectivity index (χ1) is 17.8. The largest absolute Gasteiger partial charge is 0.573 e. The number of amides is 1. The summed E-state index contributed by atoms with van der Waals surface area (Å²) in [6, 6.07) is 8.23. The molecule has 0 aliphatic heterocycles. The lowest BCUT2D eigenvalue weighted by Gasteiger charge is -2.18. The molecule has 4 rings (SSSR count). The summed E-state index contributed by atoms with van der Waals surface area (Å²) in [5.74, 6) is -0.974. The molecular formula is C24H20F3N5O5S. The van der Waals surface area contributed by atoms with Crippen LogP contribution < -0.4 is 14.8 Å². The van der Waals surface area contributed by atoms with Gasteiger partial charge in [-0.15, -0.1) is 13.2 Å². The molecule has 0 saturated carbocycles. The first-order valence-electron chi connectivity index (χ1n) is 10.9. The normalized spacial score (nSPS) is 12.7. The predicted octanol–water partition coefficient (Wildman–Crippen LogP) is 3.89. The standard InChI is InChI=1S/C24H20F3N5O5S/c1-13(30-23(33)14-9-16(37-24(25,26)27)11-17(10-14)38(3,34)35)20-21(22-28-7-4-8-29-22)31-18-6-5-15(36-2)12-19(18)32-20/h4-13H,1-3H3,(H,30,33). The zero-order valence-electron chi connectivity index (χ0n) is 20.1. The summed E-state index contributed by atoms with van der Waals surface area (Å²) < 4.78 is 71.6. The predicted molar refractivity (Wildman–Crippen MR) is 129 cm³/mol. The number of nitrogens with zero attached hydrogens (tertiary/aromatic N) is 4. The Balaban J connectivity index is 1.76. The monoisotopic (exact) mass is 547 g/mol. The third-order valence-electron chi connectivity index (χ3n) is 5.24. The molecule has 10 nitrogen and oxygen atoms in total. The fourth-order valence-electron chi connectivity index (χ4n) is 3.52. The summed E-state index contributed by atoms with van der Waals surface area (Å²) in [4.78, 5) is 30.2. The minimum Gasteiger partial charge on any atom is -0.497 e. The van der Waals surface area contributed by atoms with Crippen LogP contribution in [0, 0.1) is 0 Å². The van der Waals surface area contributed by atoms with E-state index in [4.69, 9.17) is 4.74 Å². The van der Waals surface area contributed by atoms with Crippen LogP contribution in [0.2, 0.25) is 0 Å². The van der Waals surface area contributed by atoms with Crippen molar-refractivity contribution in [2.75, 3.05) is 13.4 Å². The Morgan fingerprint density at radius 1 is 1.00 bits per heavy atom. The van der Waals surface area contributed by atoms with Crippen molar-refractivity contribution in [3.05, 3.63) is 66.1 Å². The van der Waals surface area contributed by atoms with E-state index >= 15 is 0 Å². The Hall–Kier alpha value is -4.33. The number of sulfone groups is 1. The van der Waals surface area contributed by atoms with Gasteiger partial charge in [-0.2, -0.15) is 0 Å². The second-order valence-corrected chi connectivity index (χ2v) is 10.1. The van der Waals surface area contributed by atoms with Gasteiger partial charge < -0.3 is 14.8 Å². The Bertz CT molecular complexity index is 1620. The van der Waals surface area contributed by atoms with Gasteiger partial charge in [-0.25, -0.2) is 28.4 Å². The molecular weight excluding hydrogens is 527 g/mol. The number of halogens is 3. The van der Waals surface area contributed by atoms with Crippen LogP contribution in [-0.4, -0.2) is 54.0 Å². The van der Waals surface area contributed by atoms with Crippen molar-refractivity contribution >= 4 is 26.8 Å². The van der Waals surface area contributed by atoms with E-state index in [0.717, 1.165) is 18.4 Å². The molecule has 1 atom stereocenters. The smallest absolute Gasteiger partial charge is 0.497 e. The summed E-state index contributed by atoms with van der Waals surface area (Å²) in [6.45, 7) is 1.58. The van der Waals surface area contributed by atoms with Gasteiger partial charge >= 0.3 is 6.36 Å². The van der Waals surface area contributed by atoms with Gasteiger partial charge in [-0.1, -0.05) is 0 Å². The quantitative estimate of drug-likeness (QED) is 0.366. The first-order valence-corrected chi connectivity index (χ1v) is 12.8. The second-order valence-electron chi connectivity index (χ2n) is 8.09. The highest BCUT2D eigenvalue weighted by Gasteiger charge is 2.32. The molecule has 0 spiro atoms. The number of hydrogen-bond acceptors (Lipinski definition) is 9. The molecule has 14 heteroatoms. The van der Waals surface area contributed by atoms with Crippen LogP contribution in [0.1, 0.15) is 29.0 Å². The molecule has 1 amide bonds. The Morgan fingerprint density at radius 2 is 1.71 bits per heavy atom. The van der Waals surface area contributed by atoms with Crippen molar-refractivity contribution < 1.29 is 35.9 Å². The Morgan fingerprint density at radius 3 is 2.34 bits per heavy atom. The van der Waals surface area contributed by atoms with Crippen molar-refractivity contribution in [1.29, 1.82) is 0 Å². The molecule has 38 heavy (non-hydrogen) atoms. The molecule has 1 N–H and O–H groups in total. The van der Waals surface area contributed by atoms with Gasteiger partial charge in [0.1, 0.15) is 17.2 Å². The van der Waals surface area contributed by atoms with Gasteiger partial charge in [-0.05, 0) is 43.3 Å². The van der Waals surface area contributed by atoms with Gasteiger partial charge in [-0.3, -0.25) is 4.79 Å². The van der Waals surface area contributed by atoms with Crippen LogP contribution >= 0.6 is 0 Å². The topological polar surface area (TPSA) is 133 Å². The molecule has 198 valence electrons. The summed E-state index contributed by atoms with van der Waals surface area (Å²) in [5, 5.41) is 2.62. The van der Waals surface area contributed by atoms with Gasteiger partial charge in [0, 0.05) is 30.3 Å². The number of methoxy groups -OCH3 is 1. The molecule has 0 aliphatic rings. The number of rotatable bonds is 7. The molecule has 0 radical (unpaired) electrons. The number of benzene rings is 2. The van der Waals surface area contributed by atoms with Crippen LogP contribution in [0.25, 0.3) is 22.6 Å². The Labute approximate surface area is 214 Å². The molecule has 0 aliphatic carbocycles. The number of carbonyl (C=O) groups excluding carboxylic acids is 1. The van der Waals surface area contributed by atoms with Gasteiger partial charge in [0.15, 0.2) is 15.7 Å². The maximum Gasteiger partial charge on any atom is 0.573 e. The fourth-order valence-corrected chi connectivity index (χ4v) is 4.19. The van der Waals surface area contributed by atoms with E-state index < -0.39 is 38.8 Å². The second kappa shape index (κ2) is 10.2. The average molecular weight is 548 g/mol. The van der Waals surface area contributed by atoms with E-state index in [-0.39, 0.29) is 22.8 Å². The summed E-state index contributed by atoms with van der Waals surface area (Å²) in [5.41, 5.74) is 1.11. The fraction of sp³-hybridized carbons (Fsp3) is 0.208. The van der Waals surface area contributed by atoms with Gasteiger partial charge in [0.25, 0.3) is 5.91 Å². The first kappa shape index (κ1) is 26.7. The Kier molecular flexibility index (Phi) is 7.18. The van der Waals surface area contributed by atoms with E-state index in [0.29, 0.717) is 22.8 Å². The van der Waals surface area contributed by atoms with Crippen molar-refractivity contribution in [3.63, 3.8) is 0 Å². The number of alkyl halides is 3. The summed E-state index contributed by atoms with van der Waals surface area (Å²) in [6.07, 6.45) is -1.28. The van der Waals surface area contributed by atoms with E-state index in [1.54, 1.807) is 31.2 Å². The molecule has 4 aromatic rings. The van der Waals surface area contributed by atoms with E-state index in [1.807, 2.05) is 0 Å². The SMILES string of the molecule is COc1ccc2nc(-c3ncccn3)c(C(C)NC(=O)c3cc(OC(F)(F)F)cc(S(C)(=O)=O)c3)nc2c1. The highest BCUT2D eigenvalue weighted by Crippen LogP contribution is 2.29. The van der Waals surface area contributed by atoms with E-state index in [2.05, 4.69) is 30.0 Å². The zero-order valence-corrected chi connectivity index (χ0v) is 21.0. The average Bonchev–Trinajstić information content (AvgIpc) is 2.86. The number of aromatic nitrogens is 4. The summed E-state index contributed by atoms with van der Waals surface area (Å²) in [7, 11) is -2.48. The number of ether oxygens (including phenoxy) is 2. The molecule has 0 saturated heterocycles. The number of carbonyl (C=O) groups is 1. The van der Waals surface area contributed by atoms with Crippen molar-refractivity contribution in [3.8, 4) is 23.0 Å². The minimum absolute atomic E-state index is 0.230. The molecule has 0 fully saturated rings. The number of hydrogen-bond donors (Lipinski definition) is 1. The maximum atomic E-state index is 13.1. The van der Waals surface area contributed by atoms with Crippen LogP contribution in [0.15, 0.2) is 59.8 Å². The zero-order chi connectivity index (χ0) is 27.7. The van der Waals surface area contributed by atoms with Crippen LogP contribution in [0.4, 0.5) is 13.2 Å². The van der Waals surface area contributed by atoms with E-state index in [9.17, 15) is 26.4 Å². The highest BCUT2D eigenvalue weighted by atomic mass is 32.2. The van der Waals surface area contributed by atoms with E-state index in [1.165, 1.54) is 19.5 Å². The van der Waals surface area contributed by atoms with Crippen LogP contribution in [0.3, 0.4) is 0 Å². The molecule has 2 aromatic carbocycles. The molecule has 0 bridgehead atoms. The number of fused-ring (bicyclic) bond motifs is 1. The summed E-state index contributed by atoms with van der Waals surface area (Å²) >= 11 is 0. The van der Waals surface area contributed by atoms with Crippen LogP contribution in [0.5, 0.6) is 11.5 Å². The van der Waals surface area contributed by atoms with Gasteiger partial charge in [0.2, 0.25) is 0 Å². The van der Waals surface area contributed by atoms with Crippen LogP contribution in [-0.2, 0) is 9.84 Å². The minimum atomic E-state index is -5.09. The van der Waals surface area contributed by atoms with Crippen molar-refractivity contribution in [2.24, 2.45) is 0 Å². The van der Waals surface area contributed by atoms with Crippen molar-refractivity contribution in [1.82, 2.24) is 25.3 Å². The maximum absolute atomic E-state index is 13.1. The lowest BCUT2D eigenvalue weighted by atomic mass is 10.1. The lowest BCUT2D eigenvalue weighted by Crippen LogP contribution is -2.28. The third-order valence-corrected chi connectivity index (χ3v) is 6.33. The molecule has 2 aromatic heterocycles. The van der Waals surface area contributed by atoms with Gasteiger partial charge in [0.05, 0.1) is 34.8 Å². The third kappa shape index (κ3) is 6.14. The lowest BCUT2D eigenvalue weighted by molar-refractivity contribution is -0.274.